The third-order valence-corrected chi connectivity index (χ3v) is 4.62. The van der Waals surface area contributed by atoms with Crippen LogP contribution in [-0.2, 0) is 0 Å². The molecule has 1 aliphatic heterocycles. The highest BCUT2D eigenvalue weighted by molar-refractivity contribution is 5.94. The number of hydrogen-bond donors (Lipinski definition) is 0. The average Bonchev–Trinajstić information content (AvgIpc) is 3.03. The van der Waals surface area contributed by atoms with Crippen molar-refractivity contribution >= 4 is 17.5 Å². The molecule has 2 aromatic heterocycles. The highest BCUT2D eigenvalue weighted by atomic mass is 16.2. The molecule has 0 atom stereocenters. The van der Waals surface area contributed by atoms with Crippen LogP contribution in [0.2, 0.25) is 0 Å². The molecule has 0 saturated carbocycles. The van der Waals surface area contributed by atoms with Gasteiger partial charge in [-0.2, -0.15) is 4.98 Å². The Labute approximate surface area is 145 Å². The Morgan fingerprint density at radius 2 is 1.72 bits per heavy atom. The molecular weight excluding hydrogens is 316 g/mol. The van der Waals surface area contributed by atoms with Crippen LogP contribution in [0.4, 0.5) is 5.82 Å². The maximum Gasteiger partial charge on any atom is 0.257 e. The minimum atomic E-state index is 0.0907. The standard InChI is InChI=1S/C18H20N6O/c1-13-12-16(19-18-21-20-14(2)24(13)18)22-8-10-23(11-9-22)17(25)15-6-4-3-5-7-15/h3-7,12H,8-11H2,1-2H3. The lowest BCUT2D eigenvalue weighted by atomic mass is 10.2. The van der Waals surface area contributed by atoms with Crippen LogP contribution in [0.5, 0.6) is 0 Å². The fraction of sp³-hybridized carbons (Fsp3) is 0.333. The predicted molar refractivity (Wildman–Crippen MR) is 94.8 cm³/mol. The van der Waals surface area contributed by atoms with Crippen LogP contribution in [0, 0.1) is 13.8 Å². The zero-order valence-electron chi connectivity index (χ0n) is 14.4. The van der Waals surface area contributed by atoms with E-state index in [4.69, 9.17) is 0 Å². The van der Waals surface area contributed by atoms with Gasteiger partial charge in [0, 0.05) is 43.5 Å². The SMILES string of the molecule is Cc1cc(N2CCN(C(=O)c3ccccc3)CC2)nc2nnc(C)n12. The Morgan fingerprint density at radius 3 is 2.44 bits per heavy atom. The van der Waals surface area contributed by atoms with Gasteiger partial charge >= 0.3 is 0 Å². The molecule has 1 aromatic carbocycles. The molecule has 0 unspecified atom stereocenters. The van der Waals surface area contributed by atoms with Crippen LogP contribution in [0.3, 0.4) is 0 Å². The molecule has 0 bridgehead atoms. The first-order chi connectivity index (χ1) is 12.1. The highest BCUT2D eigenvalue weighted by Gasteiger charge is 2.23. The normalized spacial score (nSPS) is 15.0. The summed E-state index contributed by atoms with van der Waals surface area (Å²) in [4.78, 5) is 21.3. The van der Waals surface area contributed by atoms with E-state index in [1.807, 2.05) is 53.5 Å². The number of benzene rings is 1. The van der Waals surface area contributed by atoms with E-state index < -0.39 is 0 Å². The number of fused-ring (bicyclic) bond motifs is 1. The molecule has 128 valence electrons. The van der Waals surface area contributed by atoms with Crippen molar-refractivity contribution in [2.24, 2.45) is 0 Å². The number of carbonyl (C=O) groups is 1. The second-order valence-electron chi connectivity index (χ2n) is 6.28. The molecule has 3 heterocycles. The highest BCUT2D eigenvalue weighted by Crippen LogP contribution is 2.18. The number of anilines is 1. The van der Waals surface area contributed by atoms with Gasteiger partial charge < -0.3 is 9.80 Å². The largest absolute Gasteiger partial charge is 0.353 e. The van der Waals surface area contributed by atoms with Gasteiger partial charge in [0.1, 0.15) is 11.6 Å². The molecule has 25 heavy (non-hydrogen) atoms. The van der Waals surface area contributed by atoms with Gasteiger partial charge in [-0.25, -0.2) is 0 Å². The van der Waals surface area contributed by atoms with Crippen molar-refractivity contribution in [3.8, 4) is 0 Å². The van der Waals surface area contributed by atoms with Gasteiger partial charge in [0.2, 0.25) is 0 Å². The molecule has 7 heteroatoms. The summed E-state index contributed by atoms with van der Waals surface area (Å²) in [5.74, 6) is 2.44. The number of aryl methyl sites for hydroxylation is 2. The number of aromatic nitrogens is 4. The summed E-state index contributed by atoms with van der Waals surface area (Å²) in [5, 5.41) is 8.22. The molecule has 0 N–H and O–H groups in total. The average molecular weight is 336 g/mol. The minimum absolute atomic E-state index is 0.0907. The number of carbonyl (C=O) groups excluding carboxylic acids is 1. The molecule has 3 aromatic rings. The van der Waals surface area contributed by atoms with E-state index >= 15 is 0 Å². The van der Waals surface area contributed by atoms with Crippen molar-refractivity contribution in [1.82, 2.24) is 24.5 Å². The molecule has 0 radical (unpaired) electrons. The summed E-state index contributed by atoms with van der Waals surface area (Å²) in [7, 11) is 0. The number of nitrogens with zero attached hydrogens (tertiary/aromatic N) is 6. The van der Waals surface area contributed by atoms with Crippen LogP contribution in [0.1, 0.15) is 21.9 Å². The van der Waals surface area contributed by atoms with E-state index in [1.54, 1.807) is 0 Å². The van der Waals surface area contributed by atoms with Crippen molar-refractivity contribution in [3.63, 3.8) is 0 Å². The Hall–Kier alpha value is -2.96. The Bertz CT molecular complexity index is 912. The zero-order chi connectivity index (χ0) is 17.4. The van der Waals surface area contributed by atoms with Gasteiger partial charge in [0.25, 0.3) is 11.7 Å². The first-order valence-corrected chi connectivity index (χ1v) is 8.42. The Balaban J connectivity index is 1.49. The summed E-state index contributed by atoms with van der Waals surface area (Å²) in [6, 6.07) is 11.5. The monoisotopic (exact) mass is 336 g/mol. The lowest BCUT2D eigenvalue weighted by Crippen LogP contribution is -2.49. The van der Waals surface area contributed by atoms with Gasteiger partial charge in [0.05, 0.1) is 0 Å². The van der Waals surface area contributed by atoms with E-state index in [-0.39, 0.29) is 5.91 Å². The van der Waals surface area contributed by atoms with E-state index in [0.717, 1.165) is 36.0 Å². The van der Waals surface area contributed by atoms with Crippen molar-refractivity contribution in [1.29, 1.82) is 0 Å². The summed E-state index contributed by atoms with van der Waals surface area (Å²) in [6.45, 7) is 6.84. The third kappa shape index (κ3) is 2.82. The molecule has 1 aliphatic rings. The van der Waals surface area contributed by atoms with Crippen LogP contribution in [-0.4, -0.2) is 56.6 Å². The minimum Gasteiger partial charge on any atom is -0.353 e. The zero-order valence-corrected chi connectivity index (χ0v) is 14.4. The van der Waals surface area contributed by atoms with Crippen molar-refractivity contribution in [3.05, 3.63) is 53.5 Å². The molecule has 0 aliphatic carbocycles. The lowest BCUT2D eigenvalue weighted by molar-refractivity contribution is 0.0746. The molecule has 0 spiro atoms. The van der Waals surface area contributed by atoms with Gasteiger partial charge in [-0.1, -0.05) is 18.2 Å². The number of amides is 1. The first-order valence-electron chi connectivity index (χ1n) is 8.42. The van der Waals surface area contributed by atoms with Crippen LogP contribution in [0.15, 0.2) is 36.4 Å². The fourth-order valence-corrected chi connectivity index (χ4v) is 3.29. The summed E-state index contributed by atoms with van der Waals surface area (Å²) in [6.07, 6.45) is 0. The molecular formula is C18H20N6O. The molecule has 7 nitrogen and oxygen atoms in total. The van der Waals surface area contributed by atoms with Crippen molar-refractivity contribution in [2.75, 3.05) is 31.1 Å². The van der Waals surface area contributed by atoms with Crippen LogP contribution in [0.25, 0.3) is 5.78 Å². The topological polar surface area (TPSA) is 66.6 Å². The summed E-state index contributed by atoms with van der Waals surface area (Å²) in [5.41, 5.74) is 1.80. The predicted octanol–water partition coefficient (Wildman–Crippen LogP) is 1.70. The smallest absolute Gasteiger partial charge is 0.257 e. The molecule has 4 rings (SSSR count). The van der Waals surface area contributed by atoms with E-state index in [1.165, 1.54) is 0 Å². The molecule has 1 amide bonds. The number of hydrogen-bond acceptors (Lipinski definition) is 5. The summed E-state index contributed by atoms with van der Waals surface area (Å²) >= 11 is 0. The maximum atomic E-state index is 12.5. The van der Waals surface area contributed by atoms with E-state index in [9.17, 15) is 4.79 Å². The number of piperazine rings is 1. The van der Waals surface area contributed by atoms with Crippen molar-refractivity contribution in [2.45, 2.75) is 13.8 Å². The van der Waals surface area contributed by atoms with Crippen LogP contribution >= 0.6 is 0 Å². The second-order valence-corrected chi connectivity index (χ2v) is 6.28. The summed E-state index contributed by atoms with van der Waals surface area (Å²) < 4.78 is 1.94. The maximum absolute atomic E-state index is 12.5. The number of rotatable bonds is 2. The van der Waals surface area contributed by atoms with Gasteiger partial charge in [-0.15, -0.1) is 10.2 Å². The Morgan fingerprint density at radius 1 is 1.00 bits per heavy atom. The Kier molecular flexibility index (Phi) is 3.83. The van der Waals surface area contributed by atoms with Gasteiger partial charge in [-0.3, -0.25) is 9.20 Å². The van der Waals surface area contributed by atoms with E-state index in [0.29, 0.717) is 18.9 Å². The second kappa shape index (κ2) is 6.16. The molecule has 1 fully saturated rings. The first kappa shape index (κ1) is 15.6. The van der Waals surface area contributed by atoms with Crippen molar-refractivity contribution < 1.29 is 4.79 Å². The lowest BCUT2D eigenvalue weighted by Gasteiger charge is -2.35. The van der Waals surface area contributed by atoms with E-state index in [2.05, 4.69) is 26.1 Å². The van der Waals surface area contributed by atoms with Gasteiger partial charge in [0.15, 0.2) is 0 Å². The molecule has 1 saturated heterocycles. The quantitative estimate of drug-likeness (QED) is 0.713. The third-order valence-electron chi connectivity index (χ3n) is 4.62. The van der Waals surface area contributed by atoms with Gasteiger partial charge in [-0.05, 0) is 26.0 Å². The van der Waals surface area contributed by atoms with Crippen LogP contribution < -0.4 is 4.90 Å². The fourth-order valence-electron chi connectivity index (χ4n) is 3.29.